The van der Waals surface area contributed by atoms with Gasteiger partial charge in [-0.15, -0.1) is 10.2 Å². The van der Waals surface area contributed by atoms with Crippen molar-refractivity contribution in [2.75, 3.05) is 25.4 Å². The summed E-state index contributed by atoms with van der Waals surface area (Å²) < 4.78 is 2.13. The third kappa shape index (κ3) is 7.82. The molecule has 3 rings (SSSR count). The van der Waals surface area contributed by atoms with Crippen molar-refractivity contribution in [3.8, 4) is 11.4 Å². The van der Waals surface area contributed by atoms with Crippen LogP contribution in [0.25, 0.3) is 11.4 Å². The van der Waals surface area contributed by atoms with E-state index >= 15 is 0 Å². The lowest BCUT2D eigenvalue weighted by Crippen LogP contribution is -2.55. The van der Waals surface area contributed by atoms with Gasteiger partial charge < -0.3 is 14.4 Å². The van der Waals surface area contributed by atoms with Crippen LogP contribution in [-0.2, 0) is 16.1 Å². The predicted octanol–water partition coefficient (Wildman–Crippen LogP) is 5.36. The van der Waals surface area contributed by atoms with Crippen LogP contribution in [0.2, 0.25) is 0 Å². The van der Waals surface area contributed by atoms with Crippen LogP contribution in [-0.4, -0.2) is 67.8 Å². The van der Waals surface area contributed by atoms with Gasteiger partial charge in [-0.05, 0) is 38.0 Å². The average molecular weight is 514 g/mol. The smallest absolute Gasteiger partial charge is 0.223 e. The molecule has 0 N–H and O–H groups in total. The zero-order chi connectivity index (χ0) is 26.3. The Kier molecular flexibility index (Phi) is 10.00. The summed E-state index contributed by atoms with van der Waals surface area (Å²) in [6.45, 7) is 15.7. The van der Waals surface area contributed by atoms with Gasteiger partial charge in [0.15, 0.2) is 11.0 Å². The Bertz CT molecular complexity index is 1000. The molecule has 2 atom stereocenters. The average Bonchev–Trinajstić information content (AvgIpc) is 3.23. The summed E-state index contributed by atoms with van der Waals surface area (Å²) in [5.74, 6) is 2.46. The molecule has 2 heterocycles. The van der Waals surface area contributed by atoms with Gasteiger partial charge in [-0.25, -0.2) is 0 Å². The number of nitrogens with zero attached hydrogens (tertiary/aromatic N) is 5. The lowest BCUT2D eigenvalue weighted by Gasteiger charge is -2.40. The quantitative estimate of drug-likeness (QED) is 0.316. The van der Waals surface area contributed by atoms with E-state index in [1.807, 2.05) is 40.1 Å². The van der Waals surface area contributed by atoms with Crippen molar-refractivity contribution in [1.82, 2.24) is 24.6 Å². The number of aromatic nitrogens is 3. The number of carbonyl (C=O) groups excluding carboxylic acids is 2. The molecule has 198 valence electrons. The van der Waals surface area contributed by atoms with Crippen LogP contribution in [0.5, 0.6) is 0 Å². The number of rotatable bonds is 10. The van der Waals surface area contributed by atoms with Crippen LogP contribution in [0.3, 0.4) is 0 Å². The van der Waals surface area contributed by atoms with E-state index < -0.39 is 0 Å². The highest BCUT2D eigenvalue weighted by molar-refractivity contribution is 7.99. The largest absolute Gasteiger partial charge is 0.339 e. The Morgan fingerprint density at radius 2 is 1.83 bits per heavy atom. The van der Waals surface area contributed by atoms with Gasteiger partial charge in [-0.3, -0.25) is 9.59 Å². The minimum Gasteiger partial charge on any atom is -0.339 e. The van der Waals surface area contributed by atoms with Gasteiger partial charge in [0, 0.05) is 56.4 Å². The number of piperazine rings is 1. The fourth-order valence-corrected chi connectivity index (χ4v) is 6.06. The molecule has 0 spiro atoms. The molecule has 1 aromatic heterocycles. The number of hydrogen-bond acceptors (Lipinski definition) is 5. The van der Waals surface area contributed by atoms with E-state index in [0.29, 0.717) is 38.4 Å². The first kappa shape index (κ1) is 28.2. The van der Waals surface area contributed by atoms with E-state index in [9.17, 15) is 9.59 Å². The van der Waals surface area contributed by atoms with Crippen LogP contribution in [0, 0.1) is 11.3 Å². The molecule has 8 heteroatoms. The molecule has 2 unspecified atom stereocenters. The zero-order valence-electron chi connectivity index (χ0n) is 22.9. The van der Waals surface area contributed by atoms with Crippen molar-refractivity contribution in [1.29, 1.82) is 0 Å². The van der Waals surface area contributed by atoms with E-state index in [4.69, 9.17) is 0 Å². The molecule has 1 aliphatic rings. The summed E-state index contributed by atoms with van der Waals surface area (Å²) >= 11 is 1.66. The fourth-order valence-electron chi connectivity index (χ4n) is 5.11. The van der Waals surface area contributed by atoms with E-state index in [1.54, 1.807) is 11.8 Å². The van der Waals surface area contributed by atoms with Crippen LogP contribution in [0.1, 0.15) is 67.2 Å². The topological polar surface area (TPSA) is 71.3 Å². The lowest BCUT2D eigenvalue weighted by molar-refractivity contribution is -0.143. The maximum atomic E-state index is 12.9. The normalized spacial score (nSPS) is 17.3. The van der Waals surface area contributed by atoms with Crippen LogP contribution in [0.4, 0.5) is 0 Å². The van der Waals surface area contributed by atoms with Gasteiger partial charge in [0.25, 0.3) is 0 Å². The number of hydrogen-bond donors (Lipinski definition) is 0. The number of amides is 2. The number of thioether (sulfide) groups is 1. The predicted molar refractivity (Wildman–Crippen MR) is 147 cm³/mol. The van der Waals surface area contributed by atoms with E-state index in [-0.39, 0.29) is 23.3 Å². The molecular formula is C28H43N5O2S. The van der Waals surface area contributed by atoms with Crippen LogP contribution >= 0.6 is 11.8 Å². The molecule has 0 radical (unpaired) electrons. The fraction of sp³-hybridized carbons (Fsp3) is 0.643. The van der Waals surface area contributed by atoms with Gasteiger partial charge in [-0.2, -0.15) is 0 Å². The first-order valence-electron chi connectivity index (χ1n) is 13.3. The lowest BCUT2D eigenvalue weighted by atomic mass is 9.84. The van der Waals surface area contributed by atoms with Gasteiger partial charge in [0.05, 0.1) is 0 Å². The Morgan fingerprint density at radius 3 is 2.47 bits per heavy atom. The van der Waals surface area contributed by atoms with Crippen molar-refractivity contribution in [3.63, 3.8) is 0 Å². The molecule has 1 saturated heterocycles. The molecule has 1 aliphatic heterocycles. The molecule has 2 amide bonds. The second-order valence-electron chi connectivity index (χ2n) is 11.2. The highest BCUT2D eigenvalue weighted by Crippen LogP contribution is 2.27. The minimum atomic E-state index is 0.0610. The first-order valence-corrected chi connectivity index (χ1v) is 14.3. The van der Waals surface area contributed by atoms with E-state index in [0.717, 1.165) is 41.7 Å². The van der Waals surface area contributed by atoms with Crippen LogP contribution < -0.4 is 0 Å². The van der Waals surface area contributed by atoms with Gasteiger partial charge in [-0.1, -0.05) is 69.8 Å². The molecular weight excluding hydrogens is 470 g/mol. The van der Waals surface area contributed by atoms with Crippen molar-refractivity contribution >= 4 is 23.6 Å². The summed E-state index contributed by atoms with van der Waals surface area (Å²) in [4.78, 5) is 29.6. The number of carbonyl (C=O) groups is 2. The highest BCUT2D eigenvalue weighted by atomic mass is 32.2. The summed E-state index contributed by atoms with van der Waals surface area (Å²) in [6.07, 6.45) is 2.92. The minimum absolute atomic E-state index is 0.0610. The summed E-state index contributed by atoms with van der Waals surface area (Å²) in [5, 5.41) is 9.68. The Morgan fingerprint density at radius 1 is 1.11 bits per heavy atom. The standard InChI is InChI=1S/C28H43N5O2S/c1-7-32-26(23-12-9-8-10-13-23)29-30-27(32)36-17-11-14-24(34)31-15-16-33(22(3)20-31)25(35)18-21(2)19-28(4,5)6/h8-10,12-13,21-22H,7,11,14-20H2,1-6H3. The summed E-state index contributed by atoms with van der Waals surface area (Å²) in [7, 11) is 0. The van der Waals surface area contributed by atoms with Gasteiger partial charge in [0.1, 0.15) is 0 Å². The van der Waals surface area contributed by atoms with Crippen molar-refractivity contribution < 1.29 is 9.59 Å². The monoisotopic (exact) mass is 513 g/mol. The molecule has 0 aliphatic carbocycles. The molecule has 2 aromatic rings. The van der Waals surface area contributed by atoms with Gasteiger partial charge >= 0.3 is 0 Å². The first-order chi connectivity index (χ1) is 17.1. The maximum absolute atomic E-state index is 12.9. The summed E-state index contributed by atoms with van der Waals surface area (Å²) in [6, 6.07) is 10.2. The third-order valence-corrected chi connectivity index (χ3v) is 7.67. The molecule has 1 fully saturated rings. The molecule has 1 aromatic carbocycles. The zero-order valence-corrected chi connectivity index (χ0v) is 23.7. The SMILES string of the molecule is CCn1c(SCCCC(=O)N2CCN(C(=O)CC(C)CC(C)(C)C)C(C)C2)nnc1-c1ccccc1. The Hall–Kier alpha value is -2.35. The highest BCUT2D eigenvalue weighted by Gasteiger charge is 2.30. The van der Waals surface area contributed by atoms with Crippen molar-refractivity contribution in [2.45, 2.75) is 85.0 Å². The second kappa shape index (κ2) is 12.7. The Labute approximate surface area is 221 Å². The molecule has 0 bridgehead atoms. The van der Waals surface area contributed by atoms with E-state index in [2.05, 4.69) is 56.3 Å². The van der Waals surface area contributed by atoms with E-state index in [1.165, 1.54) is 0 Å². The number of benzene rings is 1. The summed E-state index contributed by atoms with van der Waals surface area (Å²) in [5.41, 5.74) is 1.29. The molecule has 36 heavy (non-hydrogen) atoms. The second-order valence-corrected chi connectivity index (χ2v) is 12.3. The maximum Gasteiger partial charge on any atom is 0.223 e. The molecule has 7 nitrogen and oxygen atoms in total. The third-order valence-electron chi connectivity index (χ3n) is 6.62. The van der Waals surface area contributed by atoms with Crippen LogP contribution in [0.15, 0.2) is 35.5 Å². The van der Waals surface area contributed by atoms with Crippen molar-refractivity contribution in [2.24, 2.45) is 11.3 Å². The Balaban J connectivity index is 1.43. The van der Waals surface area contributed by atoms with Crippen molar-refractivity contribution in [3.05, 3.63) is 30.3 Å². The van der Waals surface area contributed by atoms with Gasteiger partial charge in [0.2, 0.25) is 11.8 Å². The molecule has 0 saturated carbocycles.